The lowest BCUT2D eigenvalue weighted by Gasteiger charge is -2.09. The van der Waals surface area contributed by atoms with Crippen molar-refractivity contribution in [3.05, 3.63) is 99.6 Å². The SMILES string of the molecule is Fc1ccc(COc2ccccc2C=NNc2nc(-c3ccc(Br)cc3)cs2)cc1. The highest BCUT2D eigenvalue weighted by atomic mass is 79.9. The molecule has 4 rings (SSSR count). The van der Waals surface area contributed by atoms with E-state index in [1.807, 2.05) is 53.9 Å². The zero-order valence-electron chi connectivity index (χ0n) is 15.8. The molecule has 0 unspecified atom stereocenters. The number of para-hydroxylation sites is 1. The quantitative estimate of drug-likeness (QED) is 0.235. The number of hydrazone groups is 1. The van der Waals surface area contributed by atoms with Gasteiger partial charge in [0.15, 0.2) is 0 Å². The van der Waals surface area contributed by atoms with Gasteiger partial charge in [-0.05, 0) is 42.0 Å². The van der Waals surface area contributed by atoms with Gasteiger partial charge in [0, 0.05) is 21.0 Å². The van der Waals surface area contributed by atoms with Crippen LogP contribution in [0.15, 0.2) is 87.8 Å². The van der Waals surface area contributed by atoms with E-state index in [4.69, 9.17) is 4.74 Å². The number of hydrogen-bond donors (Lipinski definition) is 1. The second-order valence-electron chi connectivity index (χ2n) is 6.37. The summed E-state index contributed by atoms with van der Waals surface area (Å²) in [5.74, 6) is 0.435. The summed E-state index contributed by atoms with van der Waals surface area (Å²) in [6, 6.07) is 21.9. The van der Waals surface area contributed by atoms with Crippen LogP contribution >= 0.6 is 27.3 Å². The fourth-order valence-electron chi connectivity index (χ4n) is 2.70. The molecule has 0 bridgehead atoms. The Labute approximate surface area is 186 Å². The maximum Gasteiger partial charge on any atom is 0.203 e. The van der Waals surface area contributed by atoms with Gasteiger partial charge in [0.1, 0.15) is 18.2 Å². The highest BCUT2D eigenvalue weighted by Gasteiger charge is 2.05. The summed E-state index contributed by atoms with van der Waals surface area (Å²) < 4.78 is 19.9. The molecule has 0 amide bonds. The molecule has 0 aliphatic heterocycles. The molecule has 1 N–H and O–H groups in total. The maximum absolute atomic E-state index is 13.0. The van der Waals surface area contributed by atoms with Crippen molar-refractivity contribution in [3.8, 4) is 17.0 Å². The molecule has 3 aromatic carbocycles. The molecule has 0 saturated carbocycles. The Morgan fingerprint density at radius 3 is 2.60 bits per heavy atom. The number of nitrogens with one attached hydrogen (secondary N) is 1. The van der Waals surface area contributed by atoms with Gasteiger partial charge in [-0.25, -0.2) is 9.37 Å². The summed E-state index contributed by atoms with van der Waals surface area (Å²) in [7, 11) is 0. The maximum atomic E-state index is 13.0. The molecule has 0 aliphatic rings. The van der Waals surface area contributed by atoms with Crippen molar-refractivity contribution < 1.29 is 9.13 Å². The van der Waals surface area contributed by atoms with E-state index in [0.717, 1.165) is 26.9 Å². The third-order valence-corrected chi connectivity index (χ3v) is 5.51. The molecule has 0 aliphatic carbocycles. The van der Waals surface area contributed by atoms with E-state index in [1.54, 1.807) is 18.3 Å². The van der Waals surface area contributed by atoms with Crippen LogP contribution in [0.3, 0.4) is 0 Å². The van der Waals surface area contributed by atoms with Gasteiger partial charge in [0.25, 0.3) is 0 Å². The molecule has 4 aromatic rings. The average Bonchev–Trinajstić information content (AvgIpc) is 3.23. The molecule has 30 heavy (non-hydrogen) atoms. The number of ether oxygens (including phenoxy) is 1. The van der Waals surface area contributed by atoms with Gasteiger partial charge in [-0.15, -0.1) is 11.3 Å². The normalized spacial score (nSPS) is 11.0. The van der Waals surface area contributed by atoms with Crippen molar-refractivity contribution in [2.45, 2.75) is 6.61 Å². The minimum atomic E-state index is -0.261. The zero-order chi connectivity index (χ0) is 20.8. The lowest BCUT2D eigenvalue weighted by Crippen LogP contribution is -1.99. The zero-order valence-corrected chi connectivity index (χ0v) is 18.2. The second-order valence-corrected chi connectivity index (χ2v) is 8.14. The Hall–Kier alpha value is -3.03. The Morgan fingerprint density at radius 1 is 1.03 bits per heavy atom. The Bertz CT molecular complexity index is 1140. The van der Waals surface area contributed by atoms with Crippen LogP contribution in [0.5, 0.6) is 5.75 Å². The largest absolute Gasteiger partial charge is 0.488 e. The molecule has 0 fully saturated rings. The summed E-state index contributed by atoms with van der Waals surface area (Å²) in [5, 5.41) is 6.99. The van der Waals surface area contributed by atoms with Crippen molar-refractivity contribution >= 4 is 38.6 Å². The van der Waals surface area contributed by atoms with Crippen LogP contribution in [0, 0.1) is 5.82 Å². The summed E-state index contributed by atoms with van der Waals surface area (Å²) in [6.07, 6.45) is 1.70. The van der Waals surface area contributed by atoms with Crippen LogP contribution < -0.4 is 10.2 Å². The fraction of sp³-hybridized carbons (Fsp3) is 0.0435. The van der Waals surface area contributed by atoms with E-state index >= 15 is 0 Å². The van der Waals surface area contributed by atoms with Gasteiger partial charge in [-0.3, -0.25) is 5.43 Å². The molecule has 0 saturated heterocycles. The fourth-order valence-corrected chi connectivity index (χ4v) is 3.63. The number of halogens is 2. The first-order chi connectivity index (χ1) is 14.7. The van der Waals surface area contributed by atoms with Gasteiger partial charge >= 0.3 is 0 Å². The van der Waals surface area contributed by atoms with Gasteiger partial charge in [-0.1, -0.05) is 52.3 Å². The van der Waals surface area contributed by atoms with E-state index in [1.165, 1.54) is 23.5 Å². The second kappa shape index (κ2) is 9.65. The number of rotatable bonds is 7. The van der Waals surface area contributed by atoms with E-state index in [9.17, 15) is 4.39 Å². The number of anilines is 1. The highest BCUT2D eigenvalue weighted by Crippen LogP contribution is 2.26. The van der Waals surface area contributed by atoms with Gasteiger partial charge in [0.2, 0.25) is 5.13 Å². The number of aromatic nitrogens is 1. The van der Waals surface area contributed by atoms with Crippen LogP contribution in [0.2, 0.25) is 0 Å². The smallest absolute Gasteiger partial charge is 0.203 e. The van der Waals surface area contributed by atoms with E-state index < -0.39 is 0 Å². The Morgan fingerprint density at radius 2 is 1.80 bits per heavy atom. The lowest BCUT2D eigenvalue weighted by molar-refractivity contribution is 0.305. The van der Waals surface area contributed by atoms with E-state index in [0.29, 0.717) is 17.5 Å². The molecule has 1 heterocycles. The third kappa shape index (κ3) is 5.31. The predicted molar refractivity (Wildman–Crippen MR) is 124 cm³/mol. The summed E-state index contributed by atoms with van der Waals surface area (Å²) >= 11 is 4.92. The van der Waals surface area contributed by atoms with Crippen molar-refractivity contribution in [1.29, 1.82) is 0 Å². The molecule has 4 nitrogen and oxygen atoms in total. The number of benzene rings is 3. The van der Waals surface area contributed by atoms with Gasteiger partial charge < -0.3 is 4.74 Å². The van der Waals surface area contributed by atoms with E-state index in [-0.39, 0.29) is 5.82 Å². The highest BCUT2D eigenvalue weighted by molar-refractivity contribution is 9.10. The van der Waals surface area contributed by atoms with E-state index in [2.05, 4.69) is 31.4 Å². The Balaban J connectivity index is 1.40. The standard InChI is InChI=1S/C23H17BrFN3OS/c24-19-9-7-17(8-10-19)21-15-30-23(27-21)28-26-13-18-3-1-2-4-22(18)29-14-16-5-11-20(25)12-6-16/h1-13,15H,14H2,(H,27,28). The topological polar surface area (TPSA) is 46.5 Å². The van der Waals surface area contributed by atoms with Crippen LogP contribution in [-0.2, 0) is 6.61 Å². The average molecular weight is 482 g/mol. The number of nitrogens with zero attached hydrogens (tertiary/aromatic N) is 2. The lowest BCUT2D eigenvalue weighted by atomic mass is 10.2. The molecule has 7 heteroatoms. The Kier molecular flexibility index (Phi) is 6.51. The minimum Gasteiger partial charge on any atom is -0.488 e. The molecule has 0 atom stereocenters. The van der Waals surface area contributed by atoms with Crippen molar-refractivity contribution in [1.82, 2.24) is 4.98 Å². The first-order valence-electron chi connectivity index (χ1n) is 9.14. The molecule has 1 aromatic heterocycles. The third-order valence-electron chi connectivity index (χ3n) is 4.23. The van der Waals surface area contributed by atoms with Crippen molar-refractivity contribution in [3.63, 3.8) is 0 Å². The molecule has 0 radical (unpaired) electrons. The van der Waals surface area contributed by atoms with Crippen LogP contribution in [0.4, 0.5) is 9.52 Å². The first-order valence-corrected chi connectivity index (χ1v) is 10.8. The van der Waals surface area contributed by atoms with Gasteiger partial charge in [0.05, 0.1) is 11.9 Å². The summed E-state index contributed by atoms with van der Waals surface area (Å²) in [5.41, 5.74) is 6.64. The number of thiazole rings is 1. The number of hydrogen-bond acceptors (Lipinski definition) is 5. The molecule has 150 valence electrons. The van der Waals surface area contributed by atoms with Crippen LogP contribution in [-0.4, -0.2) is 11.2 Å². The first kappa shape index (κ1) is 20.3. The van der Waals surface area contributed by atoms with Crippen LogP contribution in [0.1, 0.15) is 11.1 Å². The van der Waals surface area contributed by atoms with Gasteiger partial charge in [-0.2, -0.15) is 5.10 Å². The van der Waals surface area contributed by atoms with Crippen LogP contribution in [0.25, 0.3) is 11.3 Å². The van der Waals surface area contributed by atoms with Crippen molar-refractivity contribution in [2.24, 2.45) is 5.10 Å². The summed E-state index contributed by atoms with van der Waals surface area (Å²) in [6.45, 7) is 0.349. The summed E-state index contributed by atoms with van der Waals surface area (Å²) in [4.78, 5) is 4.56. The molecular weight excluding hydrogens is 465 g/mol. The van der Waals surface area contributed by atoms with Crippen molar-refractivity contribution in [2.75, 3.05) is 5.43 Å². The minimum absolute atomic E-state index is 0.261. The predicted octanol–water partition coefficient (Wildman–Crippen LogP) is 6.74. The molecular formula is C23H17BrFN3OS. The monoisotopic (exact) mass is 481 g/mol. The molecule has 0 spiro atoms.